The number of amides is 1. The van der Waals surface area contributed by atoms with Crippen molar-refractivity contribution in [2.75, 3.05) is 5.32 Å². The molecule has 0 unspecified atom stereocenters. The number of nitrogens with zero attached hydrogens (tertiary/aromatic N) is 2. The van der Waals surface area contributed by atoms with E-state index in [1.807, 2.05) is 54.8 Å². The SMILES string of the molecule is Cc1cc(/C=C(/C#N)C(=O)Nc2cccc(C(F)(F)F)c2)c(C)n1-c1ccccc1Br. The minimum atomic E-state index is -4.53. The fraction of sp³-hybridized carbons (Fsp3) is 0.130. The number of aromatic nitrogens is 1. The van der Waals surface area contributed by atoms with Gasteiger partial charge in [0, 0.05) is 21.5 Å². The van der Waals surface area contributed by atoms with Crippen LogP contribution in [0.5, 0.6) is 0 Å². The lowest BCUT2D eigenvalue weighted by Crippen LogP contribution is -2.14. The average molecular weight is 488 g/mol. The second kappa shape index (κ2) is 8.82. The molecule has 0 fully saturated rings. The number of halogens is 4. The normalized spacial score (nSPS) is 11.8. The van der Waals surface area contributed by atoms with Gasteiger partial charge in [-0.1, -0.05) is 18.2 Å². The van der Waals surface area contributed by atoms with Crippen LogP contribution < -0.4 is 5.32 Å². The molecule has 158 valence electrons. The summed E-state index contributed by atoms with van der Waals surface area (Å²) >= 11 is 3.52. The number of benzene rings is 2. The molecule has 8 heteroatoms. The molecule has 1 aromatic heterocycles. The Morgan fingerprint density at radius 3 is 2.48 bits per heavy atom. The van der Waals surface area contributed by atoms with Gasteiger partial charge in [-0.15, -0.1) is 0 Å². The van der Waals surface area contributed by atoms with Crippen LogP contribution in [0.3, 0.4) is 0 Å². The van der Waals surface area contributed by atoms with Gasteiger partial charge in [-0.3, -0.25) is 4.79 Å². The molecule has 0 saturated carbocycles. The number of carbonyl (C=O) groups is 1. The standard InChI is InChI=1S/C23H17BrF3N3O/c1-14-10-16(15(2)30(14)21-9-4-3-8-20(21)24)11-17(13-28)22(31)29-19-7-5-6-18(12-19)23(25,26)27/h3-12H,1-2H3,(H,29,31)/b17-11-. The number of hydrogen-bond acceptors (Lipinski definition) is 2. The number of nitriles is 1. The largest absolute Gasteiger partial charge is 0.416 e. The molecule has 0 aliphatic carbocycles. The molecule has 0 aliphatic heterocycles. The molecule has 31 heavy (non-hydrogen) atoms. The van der Waals surface area contributed by atoms with Crippen molar-refractivity contribution in [3.05, 3.63) is 87.2 Å². The van der Waals surface area contributed by atoms with Crippen LogP contribution in [-0.4, -0.2) is 10.5 Å². The summed E-state index contributed by atoms with van der Waals surface area (Å²) in [5.74, 6) is -0.785. The molecule has 3 rings (SSSR count). The summed E-state index contributed by atoms with van der Waals surface area (Å²) in [5.41, 5.74) is 2.12. The van der Waals surface area contributed by atoms with E-state index in [-0.39, 0.29) is 11.3 Å². The molecule has 0 radical (unpaired) electrons. The quantitative estimate of drug-likeness (QED) is 0.340. The Bertz CT molecular complexity index is 1220. The summed E-state index contributed by atoms with van der Waals surface area (Å²) in [4.78, 5) is 12.5. The molecule has 1 heterocycles. The Kier molecular flexibility index (Phi) is 6.37. The van der Waals surface area contributed by atoms with E-state index in [0.717, 1.165) is 33.7 Å². The zero-order chi connectivity index (χ0) is 22.8. The van der Waals surface area contributed by atoms with Crippen molar-refractivity contribution >= 4 is 33.6 Å². The highest BCUT2D eigenvalue weighted by Crippen LogP contribution is 2.31. The van der Waals surface area contributed by atoms with Gasteiger partial charge in [0.2, 0.25) is 0 Å². The molecule has 0 aliphatic rings. The predicted molar refractivity (Wildman–Crippen MR) is 117 cm³/mol. The van der Waals surface area contributed by atoms with E-state index < -0.39 is 17.6 Å². The van der Waals surface area contributed by atoms with E-state index in [0.29, 0.717) is 5.56 Å². The third-order valence-corrected chi connectivity index (χ3v) is 5.35. The molecule has 3 aromatic rings. The summed E-state index contributed by atoms with van der Waals surface area (Å²) in [6, 6.07) is 15.6. The van der Waals surface area contributed by atoms with Gasteiger partial charge in [-0.25, -0.2) is 0 Å². The van der Waals surface area contributed by atoms with Crippen LogP contribution in [0.2, 0.25) is 0 Å². The monoisotopic (exact) mass is 487 g/mol. The van der Waals surface area contributed by atoms with Crippen molar-refractivity contribution in [2.45, 2.75) is 20.0 Å². The lowest BCUT2D eigenvalue weighted by Gasteiger charge is -2.11. The summed E-state index contributed by atoms with van der Waals surface area (Å²) < 4.78 is 41.5. The highest BCUT2D eigenvalue weighted by atomic mass is 79.9. The third kappa shape index (κ3) is 4.89. The zero-order valence-electron chi connectivity index (χ0n) is 16.6. The van der Waals surface area contributed by atoms with Crippen molar-refractivity contribution in [3.8, 4) is 11.8 Å². The van der Waals surface area contributed by atoms with E-state index in [4.69, 9.17) is 0 Å². The number of hydrogen-bond donors (Lipinski definition) is 1. The van der Waals surface area contributed by atoms with Crippen LogP contribution >= 0.6 is 15.9 Å². The number of rotatable bonds is 4. The average Bonchev–Trinajstić information content (AvgIpc) is 2.99. The van der Waals surface area contributed by atoms with Crippen LogP contribution in [0.25, 0.3) is 11.8 Å². The number of alkyl halides is 3. The maximum Gasteiger partial charge on any atom is 0.416 e. The van der Waals surface area contributed by atoms with Crippen molar-refractivity contribution in [3.63, 3.8) is 0 Å². The molecule has 0 saturated heterocycles. The molecule has 1 amide bonds. The summed E-state index contributed by atoms with van der Waals surface area (Å²) in [7, 11) is 0. The number of aryl methyl sites for hydroxylation is 1. The van der Waals surface area contributed by atoms with Crippen LogP contribution in [0.1, 0.15) is 22.5 Å². The van der Waals surface area contributed by atoms with E-state index in [1.165, 1.54) is 18.2 Å². The van der Waals surface area contributed by atoms with Gasteiger partial charge in [0.1, 0.15) is 11.6 Å². The lowest BCUT2D eigenvalue weighted by atomic mass is 10.1. The summed E-state index contributed by atoms with van der Waals surface area (Å²) in [5, 5.41) is 11.8. The number of para-hydroxylation sites is 1. The van der Waals surface area contributed by atoms with Crippen molar-refractivity contribution in [1.29, 1.82) is 5.26 Å². The van der Waals surface area contributed by atoms with Gasteiger partial charge in [0.15, 0.2) is 0 Å². The minimum absolute atomic E-state index is 0.0420. The second-order valence-corrected chi connectivity index (χ2v) is 7.67. The van der Waals surface area contributed by atoms with E-state index in [2.05, 4.69) is 21.2 Å². The predicted octanol–water partition coefficient (Wildman–Crippen LogP) is 6.42. The Balaban J connectivity index is 1.93. The Morgan fingerprint density at radius 1 is 1.13 bits per heavy atom. The van der Waals surface area contributed by atoms with Gasteiger partial charge >= 0.3 is 6.18 Å². The molecule has 0 spiro atoms. The first kappa shape index (κ1) is 22.4. The Morgan fingerprint density at radius 2 is 1.84 bits per heavy atom. The number of anilines is 1. The highest BCUT2D eigenvalue weighted by molar-refractivity contribution is 9.10. The first-order valence-electron chi connectivity index (χ1n) is 9.16. The Labute approximate surface area is 185 Å². The van der Waals surface area contributed by atoms with Crippen molar-refractivity contribution in [1.82, 2.24) is 4.57 Å². The van der Waals surface area contributed by atoms with Crippen LogP contribution in [0.4, 0.5) is 18.9 Å². The van der Waals surface area contributed by atoms with Gasteiger partial charge in [0.25, 0.3) is 5.91 Å². The van der Waals surface area contributed by atoms with E-state index in [9.17, 15) is 23.2 Å². The summed E-state index contributed by atoms with van der Waals surface area (Å²) in [6.07, 6.45) is -3.10. The molecule has 0 atom stereocenters. The molecule has 0 bridgehead atoms. The smallest absolute Gasteiger partial charge is 0.321 e. The molecule has 1 N–H and O–H groups in total. The Hall–Kier alpha value is -3.31. The van der Waals surface area contributed by atoms with Gasteiger partial charge in [-0.05, 0) is 77.8 Å². The van der Waals surface area contributed by atoms with E-state index in [1.54, 1.807) is 0 Å². The van der Waals surface area contributed by atoms with Crippen LogP contribution in [0, 0.1) is 25.2 Å². The zero-order valence-corrected chi connectivity index (χ0v) is 18.2. The number of carbonyl (C=O) groups excluding carboxylic acids is 1. The lowest BCUT2D eigenvalue weighted by molar-refractivity contribution is -0.137. The van der Waals surface area contributed by atoms with Crippen LogP contribution in [-0.2, 0) is 11.0 Å². The maximum atomic E-state index is 12.9. The van der Waals surface area contributed by atoms with Crippen LogP contribution in [0.15, 0.2) is 64.6 Å². The molecule has 2 aromatic carbocycles. The fourth-order valence-corrected chi connectivity index (χ4v) is 3.68. The molecular weight excluding hydrogens is 471 g/mol. The first-order chi connectivity index (χ1) is 14.6. The minimum Gasteiger partial charge on any atom is -0.321 e. The second-order valence-electron chi connectivity index (χ2n) is 6.82. The molecule has 4 nitrogen and oxygen atoms in total. The van der Waals surface area contributed by atoms with Crippen molar-refractivity contribution < 1.29 is 18.0 Å². The molecular formula is C23H17BrF3N3O. The summed E-state index contributed by atoms with van der Waals surface area (Å²) in [6.45, 7) is 3.76. The van der Waals surface area contributed by atoms with E-state index >= 15 is 0 Å². The maximum absolute atomic E-state index is 12.9. The fourth-order valence-electron chi connectivity index (χ4n) is 3.21. The highest BCUT2D eigenvalue weighted by Gasteiger charge is 2.30. The van der Waals surface area contributed by atoms with Gasteiger partial charge < -0.3 is 9.88 Å². The third-order valence-electron chi connectivity index (χ3n) is 4.68. The van der Waals surface area contributed by atoms with Crippen molar-refractivity contribution in [2.24, 2.45) is 0 Å². The number of nitrogens with one attached hydrogen (secondary N) is 1. The van der Waals surface area contributed by atoms with Gasteiger partial charge in [0.05, 0.1) is 11.3 Å². The van der Waals surface area contributed by atoms with Gasteiger partial charge in [-0.2, -0.15) is 18.4 Å². The first-order valence-corrected chi connectivity index (χ1v) is 9.95. The topological polar surface area (TPSA) is 57.8 Å².